The van der Waals surface area contributed by atoms with Crippen LogP contribution in [-0.4, -0.2) is 49.4 Å². The van der Waals surface area contributed by atoms with E-state index in [2.05, 4.69) is 17.6 Å². The van der Waals surface area contributed by atoms with E-state index in [1.807, 2.05) is 4.90 Å². The minimum atomic E-state index is 0. The normalized spacial score (nSPS) is 23.7. The van der Waals surface area contributed by atoms with E-state index in [-0.39, 0.29) is 18.3 Å². The van der Waals surface area contributed by atoms with Crippen LogP contribution in [0.5, 0.6) is 0 Å². The zero-order chi connectivity index (χ0) is 15.9. The van der Waals surface area contributed by atoms with E-state index in [1.54, 1.807) is 6.92 Å². The van der Waals surface area contributed by atoms with E-state index < -0.39 is 0 Å². The maximum Gasteiger partial charge on any atom is 0.222 e. The fraction of sp³-hybridized carbons (Fsp3) is 0.882. The molecule has 0 aromatic heterocycles. The number of amides is 2. The van der Waals surface area contributed by atoms with E-state index in [0.29, 0.717) is 30.1 Å². The van der Waals surface area contributed by atoms with Crippen LogP contribution in [-0.2, 0) is 9.59 Å². The monoisotopic (exact) mass is 345 g/mol. The summed E-state index contributed by atoms with van der Waals surface area (Å²) in [5, 5.41) is 6.32. The molecule has 5 nitrogen and oxygen atoms in total. The number of nitrogens with zero attached hydrogens (tertiary/aromatic N) is 1. The maximum atomic E-state index is 12.5. The molecular formula is C17H32ClN3O2. The van der Waals surface area contributed by atoms with Gasteiger partial charge in [0.15, 0.2) is 0 Å². The number of halogens is 1. The number of carbonyl (C=O) groups excluding carboxylic acids is 2. The van der Waals surface area contributed by atoms with Gasteiger partial charge in [-0.3, -0.25) is 9.59 Å². The third-order valence-electron chi connectivity index (χ3n) is 5.24. The summed E-state index contributed by atoms with van der Waals surface area (Å²) in [6.07, 6.45) is 5.18. The topological polar surface area (TPSA) is 61.4 Å². The van der Waals surface area contributed by atoms with Crippen LogP contribution in [0.15, 0.2) is 0 Å². The van der Waals surface area contributed by atoms with Gasteiger partial charge in [0.2, 0.25) is 11.8 Å². The van der Waals surface area contributed by atoms with Crippen molar-refractivity contribution in [3.05, 3.63) is 0 Å². The fourth-order valence-electron chi connectivity index (χ4n) is 3.61. The molecule has 0 aromatic rings. The quantitative estimate of drug-likeness (QED) is 0.798. The average Bonchev–Trinajstić information content (AvgIpc) is 2.54. The Labute approximate surface area is 146 Å². The largest absolute Gasteiger partial charge is 0.356 e. The van der Waals surface area contributed by atoms with Gasteiger partial charge in [-0.1, -0.05) is 6.92 Å². The highest BCUT2D eigenvalue weighted by Crippen LogP contribution is 2.24. The van der Waals surface area contributed by atoms with E-state index >= 15 is 0 Å². The van der Waals surface area contributed by atoms with Crippen LogP contribution in [0.3, 0.4) is 0 Å². The number of rotatable bonds is 5. The van der Waals surface area contributed by atoms with Gasteiger partial charge in [-0.2, -0.15) is 0 Å². The van der Waals surface area contributed by atoms with Crippen molar-refractivity contribution in [1.29, 1.82) is 0 Å². The zero-order valence-corrected chi connectivity index (χ0v) is 15.3. The van der Waals surface area contributed by atoms with Gasteiger partial charge in [0, 0.05) is 33.0 Å². The number of hydrogen-bond donors (Lipinski definition) is 2. The lowest BCUT2D eigenvalue weighted by Gasteiger charge is -2.34. The second kappa shape index (κ2) is 10.1. The van der Waals surface area contributed by atoms with Crippen molar-refractivity contribution in [3.8, 4) is 0 Å². The zero-order valence-electron chi connectivity index (χ0n) is 14.5. The molecule has 2 aliphatic rings. The first-order valence-electron chi connectivity index (χ1n) is 8.79. The first-order valence-corrected chi connectivity index (χ1v) is 8.79. The van der Waals surface area contributed by atoms with Crippen LogP contribution >= 0.6 is 12.4 Å². The number of nitrogens with one attached hydrogen (secondary N) is 2. The van der Waals surface area contributed by atoms with Crippen molar-refractivity contribution in [2.45, 2.75) is 46.0 Å². The Morgan fingerprint density at radius 1 is 1.26 bits per heavy atom. The van der Waals surface area contributed by atoms with Crippen LogP contribution < -0.4 is 10.6 Å². The standard InChI is InChI=1S/C17H31N3O2.ClH/c1-13(16-4-3-7-18-12-16)10-17(22)20-8-5-15(6-9-20)11-19-14(2)21;/h13,15-16,18H,3-12H2,1-2H3,(H,19,21);1H. The van der Waals surface area contributed by atoms with Crippen LogP contribution in [0.1, 0.15) is 46.0 Å². The number of likely N-dealkylation sites (tertiary alicyclic amines) is 1. The van der Waals surface area contributed by atoms with Crippen LogP contribution in [0.25, 0.3) is 0 Å². The summed E-state index contributed by atoms with van der Waals surface area (Å²) in [6.45, 7) is 8.41. The van der Waals surface area contributed by atoms with E-state index in [4.69, 9.17) is 0 Å². The number of piperidine rings is 2. The third kappa shape index (κ3) is 6.68. The maximum absolute atomic E-state index is 12.5. The van der Waals surface area contributed by atoms with E-state index in [1.165, 1.54) is 12.8 Å². The minimum Gasteiger partial charge on any atom is -0.356 e. The summed E-state index contributed by atoms with van der Waals surface area (Å²) in [4.78, 5) is 25.4. The van der Waals surface area contributed by atoms with Crippen molar-refractivity contribution < 1.29 is 9.59 Å². The molecule has 2 amide bonds. The van der Waals surface area contributed by atoms with Crippen LogP contribution in [0.4, 0.5) is 0 Å². The molecule has 6 heteroatoms. The highest BCUT2D eigenvalue weighted by atomic mass is 35.5. The molecule has 2 unspecified atom stereocenters. The molecule has 2 saturated heterocycles. The van der Waals surface area contributed by atoms with Gasteiger partial charge in [-0.15, -0.1) is 12.4 Å². The van der Waals surface area contributed by atoms with Gasteiger partial charge in [-0.05, 0) is 56.5 Å². The SMILES string of the molecule is CC(=O)NCC1CCN(C(=O)CC(C)C2CCCNC2)CC1.Cl. The Hall–Kier alpha value is -0.810. The molecule has 0 spiro atoms. The summed E-state index contributed by atoms with van der Waals surface area (Å²) in [7, 11) is 0. The molecule has 0 radical (unpaired) electrons. The predicted molar refractivity (Wildman–Crippen MR) is 94.6 cm³/mol. The van der Waals surface area contributed by atoms with Gasteiger partial charge in [0.25, 0.3) is 0 Å². The number of carbonyl (C=O) groups is 2. The first-order chi connectivity index (χ1) is 10.6. The smallest absolute Gasteiger partial charge is 0.222 e. The molecule has 2 N–H and O–H groups in total. The Morgan fingerprint density at radius 3 is 2.52 bits per heavy atom. The molecule has 0 aromatic carbocycles. The van der Waals surface area contributed by atoms with Crippen LogP contribution in [0, 0.1) is 17.8 Å². The summed E-state index contributed by atoms with van der Waals surface area (Å²) in [5.41, 5.74) is 0. The van der Waals surface area contributed by atoms with Crippen molar-refractivity contribution in [3.63, 3.8) is 0 Å². The third-order valence-corrected chi connectivity index (χ3v) is 5.24. The molecule has 0 bridgehead atoms. The van der Waals surface area contributed by atoms with Gasteiger partial charge < -0.3 is 15.5 Å². The molecule has 134 valence electrons. The van der Waals surface area contributed by atoms with E-state index in [9.17, 15) is 9.59 Å². The minimum absolute atomic E-state index is 0. The summed E-state index contributed by atoms with van der Waals surface area (Å²) >= 11 is 0. The second-order valence-electron chi connectivity index (χ2n) is 7.05. The van der Waals surface area contributed by atoms with Gasteiger partial charge in [0.1, 0.15) is 0 Å². The fourth-order valence-corrected chi connectivity index (χ4v) is 3.61. The Balaban J connectivity index is 0.00000264. The molecule has 2 fully saturated rings. The van der Waals surface area contributed by atoms with Gasteiger partial charge in [0.05, 0.1) is 0 Å². The molecule has 2 atom stereocenters. The van der Waals surface area contributed by atoms with Crippen molar-refractivity contribution in [2.24, 2.45) is 17.8 Å². The molecule has 0 saturated carbocycles. The van der Waals surface area contributed by atoms with Gasteiger partial charge >= 0.3 is 0 Å². The lowest BCUT2D eigenvalue weighted by Crippen LogP contribution is -2.42. The van der Waals surface area contributed by atoms with Crippen molar-refractivity contribution >= 4 is 24.2 Å². The summed E-state index contributed by atoms with van der Waals surface area (Å²) < 4.78 is 0. The van der Waals surface area contributed by atoms with Crippen LogP contribution in [0.2, 0.25) is 0 Å². The predicted octanol–water partition coefficient (Wildman–Crippen LogP) is 1.81. The molecule has 23 heavy (non-hydrogen) atoms. The summed E-state index contributed by atoms with van der Waals surface area (Å²) in [5.74, 6) is 1.99. The molecule has 2 aliphatic heterocycles. The first kappa shape index (κ1) is 20.2. The second-order valence-corrected chi connectivity index (χ2v) is 7.05. The van der Waals surface area contributed by atoms with Crippen molar-refractivity contribution in [2.75, 3.05) is 32.7 Å². The molecular weight excluding hydrogens is 314 g/mol. The molecule has 0 aliphatic carbocycles. The summed E-state index contributed by atoms with van der Waals surface area (Å²) in [6, 6.07) is 0. The Bertz CT molecular complexity index is 378. The van der Waals surface area contributed by atoms with E-state index in [0.717, 1.165) is 45.6 Å². The Morgan fingerprint density at radius 2 is 1.96 bits per heavy atom. The van der Waals surface area contributed by atoms with Crippen molar-refractivity contribution in [1.82, 2.24) is 15.5 Å². The highest BCUT2D eigenvalue weighted by molar-refractivity contribution is 5.85. The average molecular weight is 346 g/mol. The highest BCUT2D eigenvalue weighted by Gasteiger charge is 2.27. The Kier molecular flexibility index (Phi) is 8.92. The van der Waals surface area contributed by atoms with Gasteiger partial charge in [-0.25, -0.2) is 0 Å². The molecule has 2 rings (SSSR count). The number of hydrogen-bond acceptors (Lipinski definition) is 3. The lowest BCUT2D eigenvalue weighted by atomic mass is 9.85. The molecule has 2 heterocycles. The lowest BCUT2D eigenvalue weighted by molar-refractivity contribution is -0.134.